The average Bonchev–Trinajstić information content (AvgIpc) is 2.72. The third-order valence-corrected chi connectivity index (χ3v) is 8.19. The number of amides is 4. The van der Waals surface area contributed by atoms with Crippen LogP contribution in [0, 0.1) is 0 Å². The number of nitrogens with two attached hydrogens (primary N) is 2. The zero-order valence-electron chi connectivity index (χ0n) is 18.1. The summed E-state index contributed by atoms with van der Waals surface area (Å²) in [6, 6.07) is 2.56. The molecule has 0 aromatic heterocycles. The van der Waals surface area contributed by atoms with Crippen LogP contribution in [0.4, 0.5) is 0 Å². The highest BCUT2D eigenvalue weighted by Gasteiger charge is 2.39. The van der Waals surface area contributed by atoms with Crippen molar-refractivity contribution in [3.05, 3.63) is 29.8 Å². The standard InChI is InChI=1S/C20H29N5O5S2/c1-10-17(28)25-15(16(22)27)20(2,3)32-31-9-14(19(30)23-10)24-18(29)13(21)8-11-4-6-12(26)7-5-11/h4-7,10,13-15,26H,8-9,21H2,1-3H3,(H2,22,27)(H,23,30)(H,24,29)(H,25,28)/t10-,13-,14+,15-/m0/s1. The Morgan fingerprint density at radius 2 is 1.84 bits per heavy atom. The van der Waals surface area contributed by atoms with Crippen LogP contribution in [0.2, 0.25) is 0 Å². The SMILES string of the molecule is C[C@@H]1NC(=O)[C@H](NC(=O)[C@@H](N)Cc2ccc(O)cc2)CSSC(C)(C)[C@H](C(N)=O)NC1=O. The second kappa shape index (κ2) is 10.9. The van der Waals surface area contributed by atoms with Crippen molar-refractivity contribution in [3.8, 4) is 5.75 Å². The molecule has 10 nitrogen and oxygen atoms in total. The fourth-order valence-electron chi connectivity index (χ4n) is 2.98. The molecule has 0 aliphatic carbocycles. The highest BCUT2D eigenvalue weighted by molar-refractivity contribution is 8.77. The smallest absolute Gasteiger partial charge is 0.244 e. The first-order valence-electron chi connectivity index (χ1n) is 9.95. The number of hydrogen-bond acceptors (Lipinski definition) is 8. The van der Waals surface area contributed by atoms with Crippen LogP contribution in [0.15, 0.2) is 24.3 Å². The molecule has 0 saturated carbocycles. The maximum atomic E-state index is 12.7. The minimum absolute atomic E-state index is 0.107. The number of phenols is 1. The van der Waals surface area contributed by atoms with Gasteiger partial charge >= 0.3 is 0 Å². The van der Waals surface area contributed by atoms with Gasteiger partial charge in [-0.2, -0.15) is 0 Å². The maximum absolute atomic E-state index is 12.7. The number of aromatic hydroxyl groups is 1. The van der Waals surface area contributed by atoms with E-state index >= 15 is 0 Å². The minimum atomic E-state index is -0.947. The van der Waals surface area contributed by atoms with Crippen LogP contribution in [0.3, 0.4) is 0 Å². The lowest BCUT2D eigenvalue weighted by Crippen LogP contribution is -2.59. The number of carbonyl (C=O) groups is 4. The van der Waals surface area contributed by atoms with E-state index < -0.39 is 52.5 Å². The van der Waals surface area contributed by atoms with Crippen LogP contribution in [0.5, 0.6) is 5.75 Å². The number of nitrogens with one attached hydrogen (secondary N) is 3. The second-order valence-corrected chi connectivity index (χ2v) is 11.1. The molecule has 8 N–H and O–H groups in total. The lowest BCUT2D eigenvalue weighted by molar-refractivity contribution is -0.133. The monoisotopic (exact) mass is 483 g/mol. The molecule has 0 bridgehead atoms. The largest absolute Gasteiger partial charge is 0.508 e. The first-order valence-corrected chi connectivity index (χ1v) is 12.3. The molecule has 12 heteroatoms. The van der Waals surface area contributed by atoms with E-state index in [0.717, 1.165) is 5.56 Å². The van der Waals surface area contributed by atoms with Crippen LogP contribution in [-0.2, 0) is 25.6 Å². The topological polar surface area (TPSA) is 177 Å². The second-order valence-electron chi connectivity index (χ2n) is 8.08. The number of benzene rings is 1. The summed E-state index contributed by atoms with van der Waals surface area (Å²) in [5.74, 6) is -2.01. The number of carbonyl (C=O) groups excluding carboxylic acids is 4. The van der Waals surface area contributed by atoms with E-state index in [2.05, 4.69) is 16.0 Å². The Hall–Kier alpha value is -2.44. The molecule has 1 fully saturated rings. The minimum Gasteiger partial charge on any atom is -0.508 e. The van der Waals surface area contributed by atoms with E-state index in [0.29, 0.717) is 0 Å². The predicted molar refractivity (Wildman–Crippen MR) is 125 cm³/mol. The molecule has 0 spiro atoms. The zero-order valence-corrected chi connectivity index (χ0v) is 19.7. The maximum Gasteiger partial charge on any atom is 0.244 e. The number of rotatable bonds is 5. The van der Waals surface area contributed by atoms with Crippen LogP contribution < -0.4 is 27.4 Å². The number of hydrogen-bond donors (Lipinski definition) is 6. The third-order valence-electron chi connectivity index (χ3n) is 4.89. The van der Waals surface area contributed by atoms with Gasteiger partial charge in [0.2, 0.25) is 23.6 Å². The van der Waals surface area contributed by atoms with Gasteiger partial charge in [0.05, 0.1) is 6.04 Å². The van der Waals surface area contributed by atoms with Gasteiger partial charge in [0.1, 0.15) is 23.9 Å². The summed E-state index contributed by atoms with van der Waals surface area (Å²) in [5, 5.41) is 17.2. The van der Waals surface area contributed by atoms with Crippen molar-refractivity contribution in [2.24, 2.45) is 11.5 Å². The van der Waals surface area contributed by atoms with Crippen LogP contribution in [0.1, 0.15) is 26.3 Å². The predicted octanol–water partition coefficient (Wildman–Crippen LogP) is -0.605. The Bertz CT molecular complexity index is 864. The molecule has 1 aliphatic rings. The van der Waals surface area contributed by atoms with E-state index in [1.54, 1.807) is 26.0 Å². The summed E-state index contributed by atoms with van der Waals surface area (Å²) in [5.41, 5.74) is 12.2. The van der Waals surface area contributed by atoms with Gasteiger partial charge in [0.15, 0.2) is 0 Å². The molecular formula is C20H29N5O5S2. The van der Waals surface area contributed by atoms with Gasteiger partial charge in [-0.3, -0.25) is 19.2 Å². The first-order chi connectivity index (χ1) is 14.9. The fourth-order valence-corrected chi connectivity index (χ4v) is 5.80. The molecule has 1 aromatic rings. The lowest BCUT2D eigenvalue weighted by Gasteiger charge is -2.31. The normalized spacial score (nSPS) is 24.9. The summed E-state index contributed by atoms with van der Waals surface area (Å²) in [6.45, 7) is 5.00. The van der Waals surface area contributed by atoms with Crippen molar-refractivity contribution in [2.75, 3.05) is 5.75 Å². The Morgan fingerprint density at radius 1 is 1.22 bits per heavy atom. The van der Waals surface area contributed by atoms with Crippen molar-refractivity contribution in [3.63, 3.8) is 0 Å². The molecule has 32 heavy (non-hydrogen) atoms. The van der Waals surface area contributed by atoms with Crippen molar-refractivity contribution in [1.82, 2.24) is 16.0 Å². The van der Waals surface area contributed by atoms with Crippen LogP contribution >= 0.6 is 21.6 Å². The summed E-state index contributed by atoms with van der Waals surface area (Å²) in [6.07, 6.45) is 0.217. The molecule has 1 heterocycles. The van der Waals surface area contributed by atoms with Crippen molar-refractivity contribution >= 4 is 45.2 Å². The molecule has 4 atom stereocenters. The van der Waals surface area contributed by atoms with E-state index in [9.17, 15) is 24.3 Å². The van der Waals surface area contributed by atoms with Gasteiger partial charge in [-0.15, -0.1) is 0 Å². The number of phenolic OH excluding ortho intramolecular Hbond substituents is 1. The molecule has 1 aliphatic heterocycles. The van der Waals surface area contributed by atoms with Crippen molar-refractivity contribution in [1.29, 1.82) is 0 Å². The Balaban J connectivity index is 2.12. The summed E-state index contributed by atoms with van der Waals surface area (Å²) in [4.78, 5) is 49.8. The molecule has 2 rings (SSSR count). The quantitative estimate of drug-likeness (QED) is 0.301. The van der Waals surface area contributed by atoms with Crippen molar-refractivity contribution < 1.29 is 24.3 Å². The molecule has 176 valence electrons. The van der Waals surface area contributed by atoms with E-state index in [4.69, 9.17) is 11.5 Å². The summed E-state index contributed by atoms with van der Waals surface area (Å²) in [7, 11) is 2.56. The van der Waals surface area contributed by atoms with Crippen LogP contribution in [0.25, 0.3) is 0 Å². The Labute approximate surface area is 194 Å². The summed E-state index contributed by atoms with van der Waals surface area (Å²) < 4.78 is -0.761. The molecule has 1 saturated heterocycles. The van der Waals surface area contributed by atoms with Gasteiger partial charge in [0.25, 0.3) is 0 Å². The number of primary amides is 1. The van der Waals surface area contributed by atoms with Gasteiger partial charge < -0.3 is 32.5 Å². The van der Waals surface area contributed by atoms with E-state index in [-0.39, 0.29) is 17.9 Å². The van der Waals surface area contributed by atoms with E-state index in [1.807, 2.05) is 0 Å². The molecule has 0 unspecified atom stereocenters. The van der Waals surface area contributed by atoms with Gasteiger partial charge in [-0.25, -0.2) is 0 Å². The third kappa shape index (κ3) is 7.04. The average molecular weight is 484 g/mol. The van der Waals surface area contributed by atoms with Gasteiger partial charge in [0, 0.05) is 10.5 Å². The Morgan fingerprint density at radius 3 is 2.44 bits per heavy atom. The highest BCUT2D eigenvalue weighted by atomic mass is 33.1. The van der Waals surface area contributed by atoms with Gasteiger partial charge in [-0.1, -0.05) is 33.7 Å². The van der Waals surface area contributed by atoms with Crippen LogP contribution in [-0.4, -0.2) is 63.4 Å². The highest BCUT2D eigenvalue weighted by Crippen LogP contribution is 2.38. The first kappa shape index (κ1) is 25.8. The van der Waals surface area contributed by atoms with E-state index in [1.165, 1.54) is 40.6 Å². The van der Waals surface area contributed by atoms with Crippen molar-refractivity contribution in [2.45, 2.75) is 56.1 Å². The van der Waals surface area contributed by atoms with Gasteiger partial charge in [-0.05, 0) is 44.9 Å². The molecule has 1 aromatic carbocycles. The lowest BCUT2D eigenvalue weighted by atomic mass is 10.0. The fraction of sp³-hybridized carbons (Fsp3) is 0.500. The zero-order chi connectivity index (χ0) is 24.1. The molecule has 4 amide bonds. The summed E-state index contributed by atoms with van der Waals surface area (Å²) >= 11 is 0. The Kier molecular flexibility index (Phi) is 8.81. The molecular weight excluding hydrogens is 454 g/mol. The molecule has 0 radical (unpaired) electrons.